The van der Waals surface area contributed by atoms with Gasteiger partial charge >= 0.3 is 0 Å². The van der Waals surface area contributed by atoms with Gasteiger partial charge in [-0.2, -0.15) is 0 Å². The molecule has 32 heavy (non-hydrogen) atoms. The lowest BCUT2D eigenvalue weighted by molar-refractivity contribution is 0.103. The van der Waals surface area contributed by atoms with Gasteiger partial charge in [0.15, 0.2) is 5.69 Å². The molecule has 0 aliphatic heterocycles. The van der Waals surface area contributed by atoms with Crippen molar-refractivity contribution in [1.82, 2.24) is 25.1 Å². The molecule has 0 aliphatic carbocycles. The van der Waals surface area contributed by atoms with E-state index in [1.165, 1.54) is 0 Å². The van der Waals surface area contributed by atoms with E-state index in [1.54, 1.807) is 18.3 Å². The Morgan fingerprint density at radius 3 is 2.03 bits per heavy atom. The lowest BCUT2D eigenvalue weighted by Gasteiger charge is -2.09. The van der Waals surface area contributed by atoms with Gasteiger partial charge in [-0.15, -0.1) is 10.2 Å². The molecule has 0 spiro atoms. The van der Waals surface area contributed by atoms with Gasteiger partial charge in [0, 0.05) is 17.3 Å². The second-order valence-electron chi connectivity index (χ2n) is 7.02. The van der Waals surface area contributed by atoms with Gasteiger partial charge in [-0.1, -0.05) is 72.8 Å². The molecule has 0 saturated heterocycles. The first-order valence-corrected chi connectivity index (χ1v) is 10.1. The van der Waals surface area contributed by atoms with E-state index in [-0.39, 0.29) is 11.5 Å². The largest absolute Gasteiger partial charge is 0.287 e. The first-order chi connectivity index (χ1) is 15.8. The number of benzene rings is 2. The van der Waals surface area contributed by atoms with Crippen LogP contribution in [0.15, 0.2) is 103 Å². The lowest BCUT2D eigenvalue weighted by atomic mass is 10.0. The molecule has 0 amide bonds. The molecule has 0 atom stereocenters. The summed E-state index contributed by atoms with van der Waals surface area (Å²) in [6.07, 6.45) is 1.72. The molecule has 0 unspecified atom stereocenters. The molecule has 5 rings (SSSR count). The maximum atomic E-state index is 13.2. The number of ketones is 1. The molecule has 6 nitrogen and oxygen atoms in total. The van der Waals surface area contributed by atoms with Crippen LogP contribution in [0.3, 0.4) is 0 Å². The second kappa shape index (κ2) is 8.65. The molecule has 0 aliphatic rings. The van der Waals surface area contributed by atoms with Crippen LogP contribution in [-0.2, 0) is 0 Å². The third-order valence-electron chi connectivity index (χ3n) is 4.89. The van der Waals surface area contributed by atoms with E-state index < -0.39 is 0 Å². The van der Waals surface area contributed by atoms with Crippen LogP contribution < -0.4 is 0 Å². The highest BCUT2D eigenvalue weighted by Crippen LogP contribution is 2.25. The van der Waals surface area contributed by atoms with E-state index in [0.717, 1.165) is 11.3 Å². The van der Waals surface area contributed by atoms with Gasteiger partial charge in [0.05, 0.1) is 11.4 Å². The molecule has 3 heterocycles. The van der Waals surface area contributed by atoms with Crippen molar-refractivity contribution in [1.29, 1.82) is 0 Å². The van der Waals surface area contributed by atoms with Gasteiger partial charge in [-0.3, -0.25) is 9.78 Å². The van der Waals surface area contributed by atoms with Crippen LogP contribution in [0, 0.1) is 0 Å². The van der Waals surface area contributed by atoms with E-state index in [1.807, 2.05) is 84.9 Å². The number of carbonyl (C=O) groups is 1. The van der Waals surface area contributed by atoms with Gasteiger partial charge in [0.2, 0.25) is 11.6 Å². The summed E-state index contributed by atoms with van der Waals surface area (Å²) in [5.74, 6) is 0.109. The van der Waals surface area contributed by atoms with Crippen molar-refractivity contribution in [2.45, 2.75) is 0 Å². The van der Waals surface area contributed by atoms with Crippen LogP contribution in [0.1, 0.15) is 16.1 Å². The predicted octanol–water partition coefficient (Wildman–Crippen LogP) is 4.89. The number of hydrogen-bond donors (Lipinski definition) is 0. The van der Waals surface area contributed by atoms with E-state index >= 15 is 0 Å². The Balaban J connectivity index is 1.62. The highest BCUT2D eigenvalue weighted by atomic mass is 16.1. The second-order valence-corrected chi connectivity index (χ2v) is 7.02. The predicted molar refractivity (Wildman–Crippen MR) is 122 cm³/mol. The van der Waals surface area contributed by atoms with Crippen molar-refractivity contribution in [2.75, 3.05) is 0 Å². The summed E-state index contributed by atoms with van der Waals surface area (Å²) < 4.78 is 0. The van der Waals surface area contributed by atoms with Crippen molar-refractivity contribution < 1.29 is 4.79 Å². The topological polar surface area (TPSA) is 81.5 Å². The molecule has 2 aromatic carbocycles. The Hall–Kier alpha value is -4.58. The molecule has 152 valence electrons. The van der Waals surface area contributed by atoms with Crippen molar-refractivity contribution in [3.05, 3.63) is 115 Å². The zero-order chi connectivity index (χ0) is 21.8. The monoisotopic (exact) mass is 415 g/mol. The van der Waals surface area contributed by atoms with E-state index in [2.05, 4.69) is 20.2 Å². The van der Waals surface area contributed by atoms with Crippen LogP contribution in [0.5, 0.6) is 0 Å². The fraction of sp³-hybridized carbons (Fsp3) is 0. The fourth-order valence-electron chi connectivity index (χ4n) is 3.33. The van der Waals surface area contributed by atoms with Crippen LogP contribution in [0.25, 0.3) is 34.2 Å². The number of aromatic nitrogens is 5. The first kappa shape index (κ1) is 19.4. The molecule has 6 heteroatoms. The van der Waals surface area contributed by atoms with Gasteiger partial charge in [0.1, 0.15) is 11.4 Å². The number of carbonyl (C=O) groups excluding carboxylic acids is 1. The summed E-state index contributed by atoms with van der Waals surface area (Å²) in [6.45, 7) is 0. The quantitative estimate of drug-likeness (QED) is 0.380. The zero-order valence-electron chi connectivity index (χ0n) is 17.0. The van der Waals surface area contributed by atoms with Crippen molar-refractivity contribution in [3.63, 3.8) is 0 Å². The smallest absolute Gasteiger partial charge is 0.215 e. The maximum absolute atomic E-state index is 13.2. The summed E-state index contributed by atoms with van der Waals surface area (Å²) >= 11 is 0. The number of pyridine rings is 2. The van der Waals surface area contributed by atoms with Crippen LogP contribution in [0.4, 0.5) is 0 Å². The van der Waals surface area contributed by atoms with E-state index in [0.29, 0.717) is 28.5 Å². The minimum Gasteiger partial charge on any atom is -0.287 e. The molecule has 0 saturated carbocycles. The van der Waals surface area contributed by atoms with Gasteiger partial charge < -0.3 is 0 Å². The van der Waals surface area contributed by atoms with Crippen LogP contribution in [0.2, 0.25) is 0 Å². The molecular formula is C26H17N5O. The number of rotatable bonds is 5. The lowest BCUT2D eigenvalue weighted by Crippen LogP contribution is -2.11. The first-order valence-electron chi connectivity index (χ1n) is 10.1. The standard InChI is InChI=1S/C26H17N5O/c32-25(19-12-5-2-6-13-19)24-23(18-10-3-1-4-11-18)29-26(31-30-24)22-16-9-15-21(28-22)20-14-7-8-17-27-20/h1-17H. The Morgan fingerprint density at radius 1 is 0.594 bits per heavy atom. The average molecular weight is 415 g/mol. The van der Waals surface area contributed by atoms with Gasteiger partial charge in [0.25, 0.3) is 0 Å². The summed E-state index contributed by atoms with van der Waals surface area (Å²) in [5.41, 5.74) is 3.99. The average Bonchev–Trinajstić information content (AvgIpc) is 2.89. The van der Waals surface area contributed by atoms with Crippen molar-refractivity contribution in [3.8, 4) is 34.2 Å². The van der Waals surface area contributed by atoms with Crippen LogP contribution in [-0.4, -0.2) is 30.9 Å². The fourth-order valence-corrected chi connectivity index (χ4v) is 3.33. The summed E-state index contributed by atoms with van der Waals surface area (Å²) in [5, 5.41) is 8.54. The van der Waals surface area contributed by atoms with Gasteiger partial charge in [-0.05, 0) is 24.3 Å². The Kier molecular flexibility index (Phi) is 5.24. The minimum absolute atomic E-state index is 0.201. The zero-order valence-corrected chi connectivity index (χ0v) is 17.0. The van der Waals surface area contributed by atoms with Crippen LogP contribution >= 0.6 is 0 Å². The molecule has 0 radical (unpaired) electrons. The molecule has 0 N–H and O–H groups in total. The highest BCUT2D eigenvalue weighted by Gasteiger charge is 2.20. The number of hydrogen-bond acceptors (Lipinski definition) is 6. The molecule has 5 aromatic rings. The van der Waals surface area contributed by atoms with E-state index in [4.69, 9.17) is 4.98 Å². The van der Waals surface area contributed by atoms with Gasteiger partial charge in [-0.25, -0.2) is 9.97 Å². The molecule has 0 fully saturated rings. The van der Waals surface area contributed by atoms with E-state index in [9.17, 15) is 4.79 Å². The van der Waals surface area contributed by atoms with Crippen molar-refractivity contribution in [2.24, 2.45) is 0 Å². The van der Waals surface area contributed by atoms with Crippen molar-refractivity contribution >= 4 is 5.78 Å². The number of nitrogens with zero attached hydrogens (tertiary/aromatic N) is 5. The third kappa shape index (κ3) is 3.89. The summed E-state index contributed by atoms with van der Waals surface area (Å²) in [4.78, 5) is 26.9. The minimum atomic E-state index is -0.230. The molecule has 3 aromatic heterocycles. The molecular weight excluding hydrogens is 398 g/mol. The normalized spacial score (nSPS) is 10.6. The molecule has 0 bridgehead atoms. The third-order valence-corrected chi connectivity index (χ3v) is 4.89. The SMILES string of the molecule is O=C(c1ccccc1)c1nnc(-c2cccc(-c3ccccn3)n2)nc1-c1ccccc1. The summed E-state index contributed by atoms with van der Waals surface area (Å²) in [6, 6.07) is 29.7. The summed E-state index contributed by atoms with van der Waals surface area (Å²) in [7, 11) is 0. The maximum Gasteiger partial charge on any atom is 0.215 e. The Labute approximate surface area is 184 Å². The Bertz CT molecular complexity index is 1370. The Morgan fingerprint density at radius 2 is 1.28 bits per heavy atom. The highest BCUT2D eigenvalue weighted by molar-refractivity contribution is 6.10.